The number of benzene rings is 3. The molecule has 0 aromatic heterocycles. The summed E-state index contributed by atoms with van der Waals surface area (Å²) in [6, 6.07) is 20.9. The summed E-state index contributed by atoms with van der Waals surface area (Å²) in [5.74, 6) is -1.07. The number of aliphatic carboxylic acids is 2. The van der Waals surface area contributed by atoms with Gasteiger partial charge >= 0.3 is 11.9 Å². The predicted octanol–water partition coefficient (Wildman–Crippen LogP) is 3.80. The lowest BCUT2D eigenvalue weighted by molar-refractivity contribution is -0.159. The van der Waals surface area contributed by atoms with Crippen LogP contribution < -0.4 is 14.2 Å². The van der Waals surface area contributed by atoms with Crippen LogP contribution in [-0.4, -0.2) is 54.5 Å². The Morgan fingerprint density at radius 1 is 0.969 bits per heavy atom. The van der Waals surface area contributed by atoms with Crippen molar-refractivity contribution in [2.45, 2.75) is 12.5 Å². The lowest BCUT2D eigenvalue weighted by Crippen LogP contribution is -2.22. The molecule has 0 amide bonds. The van der Waals surface area contributed by atoms with Crippen molar-refractivity contribution in [1.29, 1.82) is 0 Å². The average molecular weight is 439 g/mol. The van der Waals surface area contributed by atoms with Gasteiger partial charge in [-0.25, -0.2) is 9.59 Å². The number of carbonyl (C=O) groups is 2. The predicted molar refractivity (Wildman–Crippen MR) is 118 cm³/mol. The summed E-state index contributed by atoms with van der Waals surface area (Å²) >= 11 is 0. The minimum absolute atomic E-state index is 0.250. The number of rotatable bonds is 6. The monoisotopic (exact) mass is 439 g/mol. The third kappa shape index (κ3) is 5.67. The fourth-order valence-electron chi connectivity index (χ4n) is 3.45. The first kappa shape index (κ1) is 22.9. The van der Waals surface area contributed by atoms with Crippen molar-refractivity contribution in [3.05, 3.63) is 66.2 Å². The fraction of sp³-hybridized carbons (Fsp3) is 0.250. The molecule has 1 aliphatic rings. The Bertz CT molecular complexity index is 1080. The van der Waals surface area contributed by atoms with E-state index in [2.05, 4.69) is 49.3 Å². The van der Waals surface area contributed by atoms with Crippen LogP contribution in [0, 0.1) is 0 Å². The summed E-state index contributed by atoms with van der Waals surface area (Å²) in [4.78, 5) is 20.4. The van der Waals surface area contributed by atoms with E-state index in [4.69, 9.17) is 34.0 Å². The molecule has 8 heteroatoms. The molecule has 1 heterocycles. The van der Waals surface area contributed by atoms with Gasteiger partial charge in [0, 0.05) is 17.8 Å². The van der Waals surface area contributed by atoms with Crippen LogP contribution in [0.5, 0.6) is 17.2 Å². The highest BCUT2D eigenvalue weighted by Crippen LogP contribution is 2.36. The molecule has 32 heavy (non-hydrogen) atoms. The van der Waals surface area contributed by atoms with Gasteiger partial charge in [0.2, 0.25) is 6.79 Å². The minimum Gasteiger partial charge on any atom is -0.493 e. The standard InChI is InChI=1S/C22H23NO3.C2H2O4/c1-23(2)19(17-10-11-21-22(14-17)26-15-25-21)12-13-24-20-9-5-7-16-6-3-4-8-18(16)20;3-1(4)2(5)6/h3-11,14,19H,12-13,15H2,1-2H3;(H,3,4)(H,5,6). The van der Waals surface area contributed by atoms with E-state index in [-0.39, 0.29) is 6.04 Å². The van der Waals surface area contributed by atoms with Crippen molar-refractivity contribution in [3.63, 3.8) is 0 Å². The van der Waals surface area contributed by atoms with Gasteiger partial charge in [0.15, 0.2) is 11.5 Å². The summed E-state index contributed by atoms with van der Waals surface area (Å²) in [5.41, 5.74) is 1.21. The molecule has 0 bridgehead atoms. The highest BCUT2D eigenvalue weighted by atomic mass is 16.7. The first-order chi connectivity index (χ1) is 15.4. The van der Waals surface area contributed by atoms with Crippen LogP contribution in [0.4, 0.5) is 0 Å². The van der Waals surface area contributed by atoms with E-state index in [9.17, 15) is 0 Å². The highest BCUT2D eigenvalue weighted by molar-refractivity contribution is 6.27. The zero-order valence-electron chi connectivity index (χ0n) is 17.9. The first-order valence-electron chi connectivity index (χ1n) is 9.99. The molecule has 168 valence electrons. The quantitative estimate of drug-likeness (QED) is 0.559. The Hall–Kier alpha value is -3.78. The second kappa shape index (κ2) is 10.5. The van der Waals surface area contributed by atoms with Crippen LogP contribution in [-0.2, 0) is 9.59 Å². The van der Waals surface area contributed by atoms with Crippen molar-refractivity contribution >= 4 is 22.7 Å². The summed E-state index contributed by atoms with van der Waals surface area (Å²) in [6.45, 7) is 0.945. The van der Waals surface area contributed by atoms with E-state index in [0.717, 1.165) is 29.1 Å². The Labute approximate surface area is 185 Å². The summed E-state index contributed by atoms with van der Waals surface area (Å²) in [5, 5.41) is 17.1. The van der Waals surface area contributed by atoms with Crippen molar-refractivity contribution in [2.24, 2.45) is 0 Å². The third-order valence-electron chi connectivity index (χ3n) is 4.99. The largest absolute Gasteiger partial charge is 0.493 e. The van der Waals surface area contributed by atoms with Crippen LogP contribution in [0.15, 0.2) is 60.7 Å². The maximum atomic E-state index is 9.10. The van der Waals surface area contributed by atoms with Crippen molar-refractivity contribution in [1.82, 2.24) is 4.90 Å². The SMILES string of the molecule is CN(C)C(CCOc1cccc2ccccc12)c1ccc2c(c1)OCO2.O=C(O)C(=O)O. The molecule has 0 spiro atoms. The van der Waals surface area contributed by atoms with Gasteiger partial charge in [0.25, 0.3) is 0 Å². The van der Waals surface area contributed by atoms with Gasteiger partial charge in [-0.2, -0.15) is 0 Å². The fourth-order valence-corrected chi connectivity index (χ4v) is 3.45. The Morgan fingerprint density at radius 3 is 2.38 bits per heavy atom. The maximum Gasteiger partial charge on any atom is 0.414 e. The molecule has 3 aromatic rings. The molecule has 0 saturated carbocycles. The van der Waals surface area contributed by atoms with Gasteiger partial charge < -0.3 is 29.3 Å². The maximum absolute atomic E-state index is 9.10. The van der Waals surface area contributed by atoms with Crippen LogP contribution in [0.25, 0.3) is 10.8 Å². The molecule has 0 radical (unpaired) electrons. The molecule has 1 atom stereocenters. The van der Waals surface area contributed by atoms with Crippen molar-refractivity contribution < 1.29 is 34.0 Å². The number of hydrogen-bond acceptors (Lipinski definition) is 6. The van der Waals surface area contributed by atoms with Gasteiger partial charge in [0.1, 0.15) is 5.75 Å². The van der Waals surface area contributed by atoms with E-state index in [1.807, 2.05) is 30.3 Å². The number of nitrogens with zero attached hydrogens (tertiary/aromatic N) is 1. The molecule has 0 fully saturated rings. The smallest absolute Gasteiger partial charge is 0.414 e. The van der Waals surface area contributed by atoms with Crippen LogP contribution in [0.1, 0.15) is 18.0 Å². The van der Waals surface area contributed by atoms with Crippen LogP contribution in [0.3, 0.4) is 0 Å². The topological polar surface area (TPSA) is 106 Å². The number of carboxylic acids is 2. The molecule has 1 unspecified atom stereocenters. The van der Waals surface area contributed by atoms with Crippen molar-refractivity contribution in [2.75, 3.05) is 27.5 Å². The number of ether oxygens (including phenoxy) is 3. The van der Waals surface area contributed by atoms with Gasteiger partial charge in [-0.15, -0.1) is 0 Å². The van der Waals surface area contributed by atoms with Crippen molar-refractivity contribution in [3.8, 4) is 17.2 Å². The lowest BCUT2D eigenvalue weighted by Gasteiger charge is -2.25. The summed E-state index contributed by atoms with van der Waals surface area (Å²) in [7, 11) is 4.18. The normalized spacial score (nSPS) is 12.7. The molecule has 2 N–H and O–H groups in total. The molecule has 3 aromatic carbocycles. The highest BCUT2D eigenvalue weighted by Gasteiger charge is 2.19. The Kier molecular flexibility index (Phi) is 7.51. The number of hydrogen-bond donors (Lipinski definition) is 2. The second-order valence-corrected chi connectivity index (χ2v) is 7.32. The average Bonchev–Trinajstić information content (AvgIpc) is 3.25. The molecule has 4 rings (SSSR count). The van der Waals surface area contributed by atoms with Crippen LogP contribution in [0.2, 0.25) is 0 Å². The molecule has 0 saturated heterocycles. The van der Waals surface area contributed by atoms with Gasteiger partial charge in [-0.1, -0.05) is 42.5 Å². The molecular weight excluding hydrogens is 414 g/mol. The first-order valence-corrected chi connectivity index (χ1v) is 9.99. The molecular formula is C24H25NO7. The van der Waals surface area contributed by atoms with E-state index < -0.39 is 11.9 Å². The zero-order chi connectivity index (χ0) is 23.1. The van der Waals surface area contributed by atoms with E-state index in [0.29, 0.717) is 13.4 Å². The zero-order valence-corrected chi connectivity index (χ0v) is 17.9. The third-order valence-corrected chi connectivity index (χ3v) is 4.99. The van der Waals surface area contributed by atoms with E-state index in [1.54, 1.807) is 0 Å². The van der Waals surface area contributed by atoms with E-state index in [1.165, 1.54) is 10.9 Å². The van der Waals surface area contributed by atoms with Crippen LogP contribution >= 0.6 is 0 Å². The molecule has 1 aliphatic heterocycles. The van der Waals surface area contributed by atoms with E-state index >= 15 is 0 Å². The number of carboxylic acid groups (broad SMARTS) is 2. The second-order valence-electron chi connectivity index (χ2n) is 7.32. The van der Waals surface area contributed by atoms with Gasteiger partial charge in [-0.3, -0.25) is 0 Å². The minimum atomic E-state index is -1.82. The molecule has 0 aliphatic carbocycles. The molecule has 8 nitrogen and oxygen atoms in total. The summed E-state index contributed by atoms with van der Waals surface area (Å²) < 4.78 is 17.1. The Morgan fingerprint density at radius 2 is 1.66 bits per heavy atom. The number of fused-ring (bicyclic) bond motifs is 2. The van der Waals surface area contributed by atoms with Gasteiger partial charge in [-0.05, 0) is 43.2 Å². The van der Waals surface area contributed by atoms with Gasteiger partial charge in [0.05, 0.1) is 6.61 Å². The Balaban J connectivity index is 0.000000427. The lowest BCUT2D eigenvalue weighted by atomic mass is 10.0. The summed E-state index contributed by atoms with van der Waals surface area (Å²) in [6.07, 6.45) is 0.885.